The molecule has 1 aromatic rings. The summed E-state index contributed by atoms with van der Waals surface area (Å²) in [5, 5.41) is 0. The van der Waals surface area contributed by atoms with Crippen molar-refractivity contribution in [3.8, 4) is 0 Å². The second-order valence-corrected chi connectivity index (χ2v) is 4.75. The Labute approximate surface area is 114 Å². The number of ether oxygens (including phenoxy) is 2. The summed E-state index contributed by atoms with van der Waals surface area (Å²) >= 11 is 0. The van der Waals surface area contributed by atoms with E-state index in [9.17, 15) is 4.79 Å². The Morgan fingerprint density at radius 1 is 1.37 bits per heavy atom. The van der Waals surface area contributed by atoms with E-state index in [-0.39, 0.29) is 12.0 Å². The molecule has 0 spiro atoms. The average molecular weight is 263 g/mol. The molecule has 19 heavy (non-hydrogen) atoms. The van der Waals surface area contributed by atoms with Gasteiger partial charge in [-0.1, -0.05) is 31.2 Å². The van der Waals surface area contributed by atoms with Gasteiger partial charge in [0, 0.05) is 13.1 Å². The van der Waals surface area contributed by atoms with Crippen LogP contribution >= 0.6 is 0 Å². The quantitative estimate of drug-likeness (QED) is 0.774. The number of rotatable bonds is 4. The highest BCUT2D eigenvalue weighted by Gasteiger charge is 2.30. The number of nitrogens with zero attached hydrogens (tertiary/aromatic N) is 1. The molecule has 104 valence electrons. The number of esters is 1. The molecule has 4 heteroatoms. The van der Waals surface area contributed by atoms with E-state index in [1.165, 1.54) is 18.2 Å². The second-order valence-electron chi connectivity index (χ2n) is 4.75. The minimum absolute atomic E-state index is 0.218. The lowest BCUT2D eigenvalue weighted by molar-refractivity contribution is -0.153. The van der Waals surface area contributed by atoms with E-state index in [0.717, 1.165) is 19.5 Å². The maximum absolute atomic E-state index is 11.7. The molecule has 0 radical (unpaired) electrons. The Morgan fingerprint density at radius 2 is 2.05 bits per heavy atom. The summed E-state index contributed by atoms with van der Waals surface area (Å²) in [6, 6.07) is 8.25. The predicted octanol–water partition coefficient (Wildman–Crippen LogP) is 1.62. The second kappa shape index (κ2) is 6.68. The number of benzene rings is 1. The molecule has 1 aliphatic rings. The summed E-state index contributed by atoms with van der Waals surface area (Å²) in [6.45, 7) is 4.74. The van der Waals surface area contributed by atoms with E-state index in [0.29, 0.717) is 13.2 Å². The molecule has 0 aliphatic carbocycles. The van der Waals surface area contributed by atoms with Crippen LogP contribution in [0.3, 0.4) is 0 Å². The first kappa shape index (κ1) is 14.0. The number of methoxy groups -OCH3 is 1. The molecule has 0 aromatic heterocycles. The van der Waals surface area contributed by atoms with Crippen LogP contribution in [0.1, 0.15) is 18.1 Å². The summed E-state index contributed by atoms with van der Waals surface area (Å²) in [6.07, 6.45) is 1.04. The first-order valence-electron chi connectivity index (χ1n) is 6.72. The van der Waals surface area contributed by atoms with Crippen LogP contribution in [0.5, 0.6) is 0 Å². The zero-order chi connectivity index (χ0) is 13.7. The molecule has 1 fully saturated rings. The summed E-state index contributed by atoms with van der Waals surface area (Å²) in [5.41, 5.74) is 2.54. The number of aryl methyl sites for hydroxylation is 1. The minimum Gasteiger partial charge on any atom is -0.468 e. The lowest BCUT2D eigenvalue weighted by atomic mass is 10.1. The van der Waals surface area contributed by atoms with Gasteiger partial charge < -0.3 is 9.47 Å². The van der Waals surface area contributed by atoms with Crippen LogP contribution in [-0.2, 0) is 27.2 Å². The van der Waals surface area contributed by atoms with Crippen molar-refractivity contribution in [2.75, 3.05) is 26.9 Å². The van der Waals surface area contributed by atoms with Gasteiger partial charge in [0.15, 0.2) is 0 Å². The Balaban J connectivity index is 2.03. The van der Waals surface area contributed by atoms with E-state index in [1.54, 1.807) is 0 Å². The van der Waals surface area contributed by atoms with Crippen LogP contribution in [-0.4, -0.2) is 43.8 Å². The first-order valence-corrected chi connectivity index (χ1v) is 6.72. The average Bonchev–Trinajstić information content (AvgIpc) is 2.48. The highest BCUT2D eigenvalue weighted by atomic mass is 16.5. The fraction of sp³-hybridized carbons (Fsp3) is 0.533. The van der Waals surface area contributed by atoms with E-state index in [4.69, 9.17) is 9.47 Å². The van der Waals surface area contributed by atoms with Gasteiger partial charge in [-0.05, 0) is 17.5 Å². The molecule has 0 N–H and O–H groups in total. The number of morpholine rings is 1. The molecule has 4 nitrogen and oxygen atoms in total. The molecule has 2 rings (SSSR count). The van der Waals surface area contributed by atoms with Gasteiger partial charge in [-0.15, -0.1) is 0 Å². The van der Waals surface area contributed by atoms with Crippen molar-refractivity contribution in [3.05, 3.63) is 35.4 Å². The Bertz CT molecular complexity index is 416. The predicted molar refractivity (Wildman–Crippen MR) is 72.9 cm³/mol. The maximum Gasteiger partial charge on any atom is 0.325 e. The third kappa shape index (κ3) is 3.55. The fourth-order valence-electron chi connectivity index (χ4n) is 2.30. The molecule has 0 bridgehead atoms. The zero-order valence-corrected chi connectivity index (χ0v) is 11.6. The Hall–Kier alpha value is -1.39. The monoisotopic (exact) mass is 263 g/mol. The Morgan fingerprint density at radius 3 is 2.68 bits per heavy atom. The number of hydrogen-bond acceptors (Lipinski definition) is 4. The smallest absolute Gasteiger partial charge is 0.325 e. The van der Waals surface area contributed by atoms with Gasteiger partial charge in [-0.3, -0.25) is 9.69 Å². The SMILES string of the molecule is CCc1ccc(CN2CCOCC2C(=O)OC)cc1. The largest absolute Gasteiger partial charge is 0.468 e. The van der Waals surface area contributed by atoms with Crippen LogP contribution in [0.4, 0.5) is 0 Å². The normalized spacial score (nSPS) is 20.2. The first-order chi connectivity index (χ1) is 9.24. The molecule has 1 aliphatic heterocycles. The molecular weight excluding hydrogens is 242 g/mol. The van der Waals surface area contributed by atoms with Crippen molar-refractivity contribution >= 4 is 5.97 Å². The summed E-state index contributed by atoms with van der Waals surface area (Å²) in [7, 11) is 1.42. The van der Waals surface area contributed by atoms with Gasteiger partial charge in [0.2, 0.25) is 0 Å². The van der Waals surface area contributed by atoms with Gasteiger partial charge in [0.1, 0.15) is 6.04 Å². The van der Waals surface area contributed by atoms with Gasteiger partial charge in [0.05, 0.1) is 20.3 Å². The van der Waals surface area contributed by atoms with E-state index < -0.39 is 0 Å². The maximum atomic E-state index is 11.7. The summed E-state index contributed by atoms with van der Waals surface area (Å²) in [4.78, 5) is 13.8. The number of hydrogen-bond donors (Lipinski definition) is 0. The molecule has 1 heterocycles. The third-order valence-electron chi connectivity index (χ3n) is 3.53. The van der Waals surface area contributed by atoms with Crippen molar-refractivity contribution in [1.82, 2.24) is 4.90 Å². The van der Waals surface area contributed by atoms with Gasteiger partial charge in [0.25, 0.3) is 0 Å². The van der Waals surface area contributed by atoms with Crippen LogP contribution in [0.2, 0.25) is 0 Å². The van der Waals surface area contributed by atoms with E-state index in [2.05, 4.69) is 36.1 Å². The lowest BCUT2D eigenvalue weighted by Gasteiger charge is -2.33. The van der Waals surface area contributed by atoms with Crippen molar-refractivity contribution in [1.29, 1.82) is 0 Å². The topological polar surface area (TPSA) is 38.8 Å². The third-order valence-corrected chi connectivity index (χ3v) is 3.53. The zero-order valence-electron chi connectivity index (χ0n) is 11.6. The fourth-order valence-corrected chi connectivity index (χ4v) is 2.30. The Kier molecular flexibility index (Phi) is 4.93. The molecule has 1 atom stereocenters. The van der Waals surface area contributed by atoms with Crippen molar-refractivity contribution in [2.24, 2.45) is 0 Å². The van der Waals surface area contributed by atoms with Crippen molar-refractivity contribution in [3.63, 3.8) is 0 Å². The van der Waals surface area contributed by atoms with Crippen LogP contribution in [0.25, 0.3) is 0 Å². The molecule has 1 unspecified atom stereocenters. The summed E-state index contributed by atoms with van der Waals surface area (Å²) < 4.78 is 10.2. The highest BCUT2D eigenvalue weighted by molar-refractivity contribution is 5.75. The molecule has 1 aromatic carbocycles. The molecule has 0 saturated carbocycles. The van der Waals surface area contributed by atoms with Crippen LogP contribution in [0.15, 0.2) is 24.3 Å². The minimum atomic E-state index is -0.287. The molecule has 1 saturated heterocycles. The molecular formula is C15H21NO3. The molecule has 0 amide bonds. The number of carbonyl (C=O) groups excluding carboxylic acids is 1. The van der Waals surface area contributed by atoms with E-state index in [1.807, 2.05) is 0 Å². The standard InChI is InChI=1S/C15H21NO3/c1-3-12-4-6-13(7-5-12)10-16-8-9-19-11-14(16)15(17)18-2/h4-7,14H,3,8-11H2,1-2H3. The van der Waals surface area contributed by atoms with Gasteiger partial charge >= 0.3 is 5.97 Å². The lowest BCUT2D eigenvalue weighted by Crippen LogP contribution is -2.49. The van der Waals surface area contributed by atoms with Crippen molar-refractivity contribution < 1.29 is 14.3 Å². The van der Waals surface area contributed by atoms with Crippen molar-refractivity contribution in [2.45, 2.75) is 25.9 Å². The van der Waals surface area contributed by atoms with Gasteiger partial charge in [-0.25, -0.2) is 0 Å². The van der Waals surface area contributed by atoms with Crippen LogP contribution in [0, 0.1) is 0 Å². The summed E-state index contributed by atoms with van der Waals surface area (Å²) in [5.74, 6) is -0.218. The van der Waals surface area contributed by atoms with Crippen LogP contribution < -0.4 is 0 Å². The number of carbonyl (C=O) groups is 1. The van der Waals surface area contributed by atoms with Gasteiger partial charge in [-0.2, -0.15) is 0 Å². The van der Waals surface area contributed by atoms with E-state index >= 15 is 0 Å². The highest BCUT2D eigenvalue weighted by Crippen LogP contribution is 2.14.